The Morgan fingerprint density at radius 3 is 2.58 bits per heavy atom. The highest BCUT2D eigenvalue weighted by Gasteiger charge is 2.11. The molecule has 1 fully saturated rings. The second kappa shape index (κ2) is 7.36. The van der Waals surface area contributed by atoms with Crippen LogP contribution in [-0.2, 0) is 4.74 Å². The summed E-state index contributed by atoms with van der Waals surface area (Å²) in [5.41, 5.74) is 0. The Morgan fingerprint density at radius 2 is 1.89 bits per heavy atom. The van der Waals surface area contributed by atoms with E-state index >= 15 is 0 Å². The van der Waals surface area contributed by atoms with Crippen molar-refractivity contribution in [2.24, 2.45) is 0 Å². The predicted molar refractivity (Wildman–Crippen MR) is 74.7 cm³/mol. The van der Waals surface area contributed by atoms with E-state index in [9.17, 15) is 5.11 Å². The van der Waals surface area contributed by atoms with Crippen molar-refractivity contribution in [3.8, 4) is 11.5 Å². The van der Waals surface area contributed by atoms with E-state index in [1.807, 2.05) is 6.92 Å². The maximum Gasteiger partial charge on any atom is 0.120 e. The van der Waals surface area contributed by atoms with E-state index in [1.165, 1.54) is 25.9 Å². The predicted octanol–water partition coefficient (Wildman–Crippen LogP) is 2.27. The van der Waals surface area contributed by atoms with E-state index in [0.717, 1.165) is 18.9 Å². The van der Waals surface area contributed by atoms with Gasteiger partial charge >= 0.3 is 0 Å². The van der Waals surface area contributed by atoms with Crippen molar-refractivity contribution >= 4 is 0 Å². The molecule has 1 heterocycles. The van der Waals surface area contributed by atoms with Gasteiger partial charge in [0.15, 0.2) is 0 Å². The lowest BCUT2D eigenvalue weighted by molar-refractivity contribution is 0.0488. The van der Waals surface area contributed by atoms with Crippen LogP contribution in [0.25, 0.3) is 0 Å². The number of phenols is 1. The molecule has 1 aromatic carbocycles. The fourth-order valence-electron chi connectivity index (χ4n) is 2.24. The van der Waals surface area contributed by atoms with Crippen molar-refractivity contribution in [2.75, 3.05) is 32.8 Å². The Balaban J connectivity index is 1.58. The van der Waals surface area contributed by atoms with Crippen LogP contribution in [0.15, 0.2) is 24.3 Å². The minimum absolute atomic E-state index is 0.0168. The molecule has 2 rings (SSSR count). The maximum atomic E-state index is 9.18. The van der Waals surface area contributed by atoms with Crippen molar-refractivity contribution in [1.82, 2.24) is 4.90 Å². The summed E-state index contributed by atoms with van der Waals surface area (Å²) in [4.78, 5) is 2.44. The zero-order chi connectivity index (χ0) is 13.5. The third kappa shape index (κ3) is 5.09. The third-order valence-corrected chi connectivity index (χ3v) is 3.28. The first-order chi connectivity index (χ1) is 9.24. The standard InChI is InChI=1S/C15H23NO3/c1-13(19-15-6-4-14(17)5-7-15)12-18-11-10-16-8-2-3-9-16/h4-7,13,17H,2-3,8-12H2,1H3. The summed E-state index contributed by atoms with van der Waals surface area (Å²) in [6, 6.07) is 6.76. The monoisotopic (exact) mass is 265 g/mol. The van der Waals surface area contributed by atoms with E-state index in [0.29, 0.717) is 6.61 Å². The van der Waals surface area contributed by atoms with Crippen LogP contribution in [0.2, 0.25) is 0 Å². The number of likely N-dealkylation sites (tertiary alicyclic amines) is 1. The number of hydrogen-bond acceptors (Lipinski definition) is 4. The molecule has 1 aromatic rings. The van der Waals surface area contributed by atoms with Gasteiger partial charge in [-0.3, -0.25) is 0 Å². The first-order valence-corrected chi connectivity index (χ1v) is 7.00. The Labute approximate surface area is 114 Å². The molecule has 4 heteroatoms. The molecular weight excluding hydrogens is 242 g/mol. The van der Waals surface area contributed by atoms with Crippen LogP contribution in [-0.4, -0.2) is 49.0 Å². The molecule has 0 aliphatic carbocycles. The number of benzene rings is 1. The Kier molecular flexibility index (Phi) is 5.48. The molecule has 4 nitrogen and oxygen atoms in total. The Morgan fingerprint density at radius 1 is 1.21 bits per heavy atom. The number of nitrogens with zero attached hydrogens (tertiary/aromatic N) is 1. The average molecular weight is 265 g/mol. The molecule has 1 unspecified atom stereocenters. The van der Waals surface area contributed by atoms with Crippen LogP contribution < -0.4 is 4.74 Å². The molecular formula is C15H23NO3. The fraction of sp³-hybridized carbons (Fsp3) is 0.600. The van der Waals surface area contributed by atoms with Gasteiger partial charge in [-0.1, -0.05) is 0 Å². The molecule has 1 atom stereocenters. The van der Waals surface area contributed by atoms with Gasteiger partial charge in [-0.05, 0) is 57.1 Å². The van der Waals surface area contributed by atoms with Crippen molar-refractivity contribution in [1.29, 1.82) is 0 Å². The van der Waals surface area contributed by atoms with Crippen molar-refractivity contribution < 1.29 is 14.6 Å². The highest BCUT2D eigenvalue weighted by Crippen LogP contribution is 2.17. The summed E-state index contributed by atoms with van der Waals surface area (Å²) in [5.74, 6) is 1.01. The highest BCUT2D eigenvalue weighted by molar-refractivity contribution is 5.30. The molecule has 0 radical (unpaired) electrons. The maximum absolute atomic E-state index is 9.18. The van der Waals surface area contributed by atoms with Gasteiger partial charge in [0.2, 0.25) is 0 Å². The smallest absolute Gasteiger partial charge is 0.120 e. The molecule has 106 valence electrons. The second-order valence-electron chi connectivity index (χ2n) is 5.05. The molecule has 0 aromatic heterocycles. The number of aromatic hydroxyl groups is 1. The van der Waals surface area contributed by atoms with Crippen LogP contribution >= 0.6 is 0 Å². The largest absolute Gasteiger partial charge is 0.508 e. The lowest BCUT2D eigenvalue weighted by atomic mass is 10.3. The summed E-state index contributed by atoms with van der Waals surface area (Å²) < 4.78 is 11.3. The summed E-state index contributed by atoms with van der Waals surface area (Å²) in [5, 5.41) is 9.18. The van der Waals surface area contributed by atoms with E-state index in [-0.39, 0.29) is 11.9 Å². The first-order valence-electron chi connectivity index (χ1n) is 7.00. The SMILES string of the molecule is CC(COCCN1CCCC1)Oc1ccc(O)cc1. The topological polar surface area (TPSA) is 41.9 Å². The van der Waals surface area contributed by atoms with Gasteiger partial charge in [-0.2, -0.15) is 0 Å². The van der Waals surface area contributed by atoms with Gasteiger partial charge in [-0.15, -0.1) is 0 Å². The molecule has 0 spiro atoms. The molecule has 1 aliphatic heterocycles. The van der Waals surface area contributed by atoms with Crippen LogP contribution in [0.1, 0.15) is 19.8 Å². The zero-order valence-corrected chi connectivity index (χ0v) is 11.5. The molecule has 0 amide bonds. The van der Waals surface area contributed by atoms with E-state index < -0.39 is 0 Å². The summed E-state index contributed by atoms with van der Waals surface area (Å²) in [6.07, 6.45) is 2.66. The minimum atomic E-state index is 0.0168. The number of ether oxygens (including phenoxy) is 2. The summed E-state index contributed by atoms with van der Waals surface area (Å²) in [7, 11) is 0. The second-order valence-corrected chi connectivity index (χ2v) is 5.05. The fourth-order valence-corrected chi connectivity index (χ4v) is 2.24. The van der Waals surface area contributed by atoms with Crippen LogP contribution in [0.5, 0.6) is 11.5 Å². The Hall–Kier alpha value is -1.26. The zero-order valence-electron chi connectivity index (χ0n) is 11.5. The van der Waals surface area contributed by atoms with Crippen LogP contribution in [0.3, 0.4) is 0 Å². The highest BCUT2D eigenvalue weighted by atomic mass is 16.5. The van der Waals surface area contributed by atoms with Gasteiger partial charge < -0.3 is 19.5 Å². The van der Waals surface area contributed by atoms with Gasteiger partial charge in [-0.25, -0.2) is 0 Å². The van der Waals surface area contributed by atoms with Crippen molar-refractivity contribution in [2.45, 2.75) is 25.9 Å². The normalized spacial score (nSPS) is 17.5. The molecule has 0 saturated carbocycles. The van der Waals surface area contributed by atoms with E-state index in [1.54, 1.807) is 24.3 Å². The molecule has 19 heavy (non-hydrogen) atoms. The van der Waals surface area contributed by atoms with Crippen molar-refractivity contribution in [3.63, 3.8) is 0 Å². The summed E-state index contributed by atoms with van der Waals surface area (Å²) in [6.45, 7) is 6.79. The molecule has 1 saturated heterocycles. The van der Waals surface area contributed by atoms with Crippen LogP contribution in [0.4, 0.5) is 0 Å². The lowest BCUT2D eigenvalue weighted by Crippen LogP contribution is -2.26. The quantitative estimate of drug-likeness (QED) is 0.768. The Bertz CT molecular complexity index is 360. The van der Waals surface area contributed by atoms with Gasteiger partial charge in [0.1, 0.15) is 17.6 Å². The number of hydrogen-bond donors (Lipinski definition) is 1. The molecule has 1 N–H and O–H groups in total. The number of rotatable bonds is 7. The average Bonchev–Trinajstić information content (AvgIpc) is 2.91. The van der Waals surface area contributed by atoms with Crippen molar-refractivity contribution in [3.05, 3.63) is 24.3 Å². The lowest BCUT2D eigenvalue weighted by Gasteiger charge is -2.17. The molecule has 1 aliphatic rings. The van der Waals surface area contributed by atoms with Gasteiger partial charge in [0, 0.05) is 6.54 Å². The van der Waals surface area contributed by atoms with Crippen LogP contribution in [0, 0.1) is 0 Å². The number of phenolic OH excluding ortho intramolecular Hbond substituents is 1. The van der Waals surface area contributed by atoms with Gasteiger partial charge in [0.25, 0.3) is 0 Å². The van der Waals surface area contributed by atoms with E-state index in [2.05, 4.69) is 4.90 Å². The van der Waals surface area contributed by atoms with E-state index in [4.69, 9.17) is 9.47 Å². The third-order valence-electron chi connectivity index (χ3n) is 3.28. The minimum Gasteiger partial charge on any atom is -0.508 e. The first kappa shape index (κ1) is 14.2. The summed E-state index contributed by atoms with van der Waals surface area (Å²) >= 11 is 0. The van der Waals surface area contributed by atoms with Gasteiger partial charge in [0.05, 0.1) is 13.2 Å². The molecule has 0 bridgehead atoms.